The molecule has 0 saturated carbocycles. The Kier molecular flexibility index (Phi) is 4.53. The second-order valence-corrected chi connectivity index (χ2v) is 7.52. The molecule has 4 heterocycles. The molecule has 4 rings (SSSR count). The Balaban J connectivity index is 1.43. The van der Waals surface area contributed by atoms with E-state index in [9.17, 15) is 9.59 Å². The molecule has 0 aromatic carbocycles. The van der Waals surface area contributed by atoms with Crippen LogP contribution in [0.15, 0.2) is 41.2 Å². The van der Waals surface area contributed by atoms with Crippen LogP contribution in [0.1, 0.15) is 36.6 Å². The van der Waals surface area contributed by atoms with Crippen molar-refractivity contribution < 1.29 is 9.59 Å². The van der Waals surface area contributed by atoms with Gasteiger partial charge >= 0.3 is 0 Å². The van der Waals surface area contributed by atoms with Crippen LogP contribution in [0, 0.1) is 5.92 Å². The van der Waals surface area contributed by atoms with Crippen LogP contribution < -0.4 is 0 Å². The second-order valence-electron chi connectivity index (χ2n) is 6.74. The zero-order valence-corrected chi connectivity index (χ0v) is 14.8. The molecule has 2 aliphatic rings. The lowest BCUT2D eigenvalue weighted by molar-refractivity contribution is -0.136. The van der Waals surface area contributed by atoms with E-state index < -0.39 is 0 Å². The summed E-state index contributed by atoms with van der Waals surface area (Å²) in [5.41, 5.74) is 2.09. The number of carbonyl (C=O) groups excluding carboxylic acids is 2. The molecule has 0 spiro atoms. The predicted molar refractivity (Wildman–Crippen MR) is 95.8 cm³/mol. The highest BCUT2D eigenvalue weighted by Crippen LogP contribution is 2.35. The van der Waals surface area contributed by atoms with Crippen molar-refractivity contribution in [2.45, 2.75) is 31.8 Å². The molecule has 0 unspecified atom stereocenters. The zero-order chi connectivity index (χ0) is 17.2. The van der Waals surface area contributed by atoms with Crippen LogP contribution in [0.3, 0.4) is 0 Å². The van der Waals surface area contributed by atoms with Gasteiger partial charge in [0, 0.05) is 25.7 Å². The van der Waals surface area contributed by atoms with Crippen molar-refractivity contribution in [3.05, 3.63) is 52.5 Å². The maximum atomic E-state index is 13.0. The van der Waals surface area contributed by atoms with E-state index in [1.54, 1.807) is 22.4 Å². The number of aromatic nitrogens is 1. The van der Waals surface area contributed by atoms with Crippen LogP contribution in [-0.4, -0.2) is 39.7 Å². The van der Waals surface area contributed by atoms with Crippen molar-refractivity contribution in [1.82, 2.24) is 14.8 Å². The highest BCUT2D eigenvalue weighted by Gasteiger charge is 2.40. The standard InChI is InChI=1S/C19H21N3O2S/c23-18-10-15(11-21(18)12-16-4-1-2-7-20-16)19(24)22-8-3-5-17(22)14-6-9-25-13-14/h1-2,4,6-7,9,13,15,17H,3,5,8,10-12H2/t15-,17+/m0/s1. The Labute approximate surface area is 151 Å². The third kappa shape index (κ3) is 3.31. The van der Waals surface area contributed by atoms with E-state index >= 15 is 0 Å². The van der Waals surface area contributed by atoms with Gasteiger partial charge in [0.2, 0.25) is 11.8 Å². The van der Waals surface area contributed by atoms with Crippen LogP contribution in [0.2, 0.25) is 0 Å². The lowest BCUT2D eigenvalue weighted by Crippen LogP contribution is -2.37. The minimum Gasteiger partial charge on any atom is -0.336 e. The number of hydrogen-bond donors (Lipinski definition) is 0. The molecule has 2 aliphatic heterocycles. The van der Waals surface area contributed by atoms with E-state index in [1.165, 1.54) is 5.56 Å². The summed E-state index contributed by atoms with van der Waals surface area (Å²) in [6, 6.07) is 7.98. The summed E-state index contributed by atoms with van der Waals surface area (Å²) in [6.07, 6.45) is 4.10. The fourth-order valence-electron chi connectivity index (χ4n) is 3.85. The first-order chi connectivity index (χ1) is 12.2. The fourth-order valence-corrected chi connectivity index (χ4v) is 4.56. The molecule has 2 amide bonds. The van der Waals surface area contributed by atoms with Crippen molar-refractivity contribution in [2.24, 2.45) is 5.92 Å². The number of likely N-dealkylation sites (tertiary alicyclic amines) is 2. The van der Waals surface area contributed by atoms with E-state index in [0.29, 0.717) is 19.5 Å². The number of rotatable bonds is 4. The number of pyridine rings is 1. The molecule has 0 N–H and O–H groups in total. The lowest BCUT2D eigenvalue weighted by Gasteiger charge is -2.27. The molecule has 2 saturated heterocycles. The summed E-state index contributed by atoms with van der Waals surface area (Å²) in [4.78, 5) is 33.4. The Bertz CT molecular complexity index is 747. The third-order valence-corrected chi connectivity index (χ3v) is 5.81. The average Bonchev–Trinajstić information content (AvgIpc) is 3.36. The number of hydrogen-bond acceptors (Lipinski definition) is 4. The summed E-state index contributed by atoms with van der Waals surface area (Å²) in [5.74, 6) is -0.0451. The minimum absolute atomic E-state index is 0.0512. The van der Waals surface area contributed by atoms with Gasteiger partial charge < -0.3 is 9.80 Å². The monoisotopic (exact) mass is 355 g/mol. The molecule has 2 aromatic rings. The molecule has 2 aromatic heterocycles. The van der Waals surface area contributed by atoms with Crippen LogP contribution >= 0.6 is 11.3 Å². The van der Waals surface area contributed by atoms with Crippen LogP contribution in [-0.2, 0) is 16.1 Å². The maximum Gasteiger partial charge on any atom is 0.228 e. The van der Waals surface area contributed by atoms with Crippen LogP contribution in [0.5, 0.6) is 0 Å². The van der Waals surface area contributed by atoms with Gasteiger partial charge in [-0.3, -0.25) is 14.6 Å². The highest BCUT2D eigenvalue weighted by molar-refractivity contribution is 7.08. The molecule has 5 nitrogen and oxygen atoms in total. The first kappa shape index (κ1) is 16.3. The number of carbonyl (C=O) groups is 2. The summed E-state index contributed by atoms with van der Waals surface area (Å²) in [6.45, 7) is 1.78. The molecular formula is C19H21N3O2S. The largest absolute Gasteiger partial charge is 0.336 e. The molecule has 6 heteroatoms. The van der Waals surface area contributed by atoms with E-state index in [1.807, 2.05) is 23.1 Å². The van der Waals surface area contributed by atoms with Gasteiger partial charge in [0.25, 0.3) is 0 Å². The van der Waals surface area contributed by atoms with Gasteiger partial charge in [-0.2, -0.15) is 11.3 Å². The lowest BCUT2D eigenvalue weighted by atomic mass is 10.0. The topological polar surface area (TPSA) is 53.5 Å². The van der Waals surface area contributed by atoms with Crippen molar-refractivity contribution in [3.63, 3.8) is 0 Å². The smallest absolute Gasteiger partial charge is 0.228 e. The van der Waals surface area contributed by atoms with E-state index in [0.717, 1.165) is 25.1 Å². The third-order valence-electron chi connectivity index (χ3n) is 5.11. The van der Waals surface area contributed by atoms with Gasteiger partial charge in [-0.15, -0.1) is 0 Å². The summed E-state index contributed by atoms with van der Waals surface area (Å²) in [5, 5.41) is 4.19. The number of nitrogens with zero attached hydrogens (tertiary/aromatic N) is 3. The zero-order valence-electron chi connectivity index (χ0n) is 14.0. The molecule has 0 bridgehead atoms. The van der Waals surface area contributed by atoms with Gasteiger partial charge in [-0.05, 0) is 47.4 Å². The summed E-state index contributed by atoms with van der Waals surface area (Å²) >= 11 is 1.67. The molecular weight excluding hydrogens is 334 g/mol. The minimum atomic E-state index is -0.226. The first-order valence-electron chi connectivity index (χ1n) is 8.72. The Morgan fingerprint density at radius 3 is 3.00 bits per heavy atom. The van der Waals surface area contributed by atoms with Gasteiger partial charge in [-0.1, -0.05) is 6.07 Å². The van der Waals surface area contributed by atoms with Crippen molar-refractivity contribution in [1.29, 1.82) is 0 Å². The van der Waals surface area contributed by atoms with Gasteiger partial charge in [0.05, 0.1) is 24.2 Å². The van der Waals surface area contributed by atoms with Crippen LogP contribution in [0.25, 0.3) is 0 Å². The second kappa shape index (κ2) is 6.96. The summed E-state index contributed by atoms with van der Waals surface area (Å²) in [7, 11) is 0. The highest BCUT2D eigenvalue weighted by atomic mass is 32.1. The van der Waals surface area contributed by atoms with E-state index in [2.05, 4.69) is 21.8 Å². The van der Waals surface area contributed by atoms with Crippen molar-refractivity contribution in [2.75, 3.05) is 13.1 Å². The van der Waals surface area contributed by atoms with Gasteiger partial charge in [0.1, 0.15) is 0 Å². The van der Waals surface area contributed by atoms with E-state index in [-0.39, 0.29) is 23.8 Å². The molecule has 25 heavy (non-hydrogen) atoms. The number of amides is 2. The molecule has 2 atom stereocenters. The van der Waals surface area contributed by atoms with Crippen molar-refractivity contribution in [3.8, 4) is 0 Å². The molecule has 130 valence electrons. The Morgan fingerprint density at radius 1 is 1.32 bits per heavy atom. The number of thiophene rings is 1. The SMILES string of the molecule is O=C1C[C@H](C(=O)N2CCC[C@@H]2c2ccsc2)CN1Cc1ccccn1. The Morgan fingerprint density at radius 2 is 2.24 bits per heavy atom. The first-order valence-corrected chi connectivity index (χ1v) is 9.67. The summed E-state index contributed by atoms with van der Waals surface area (Å²) < 4.78 is 0. The average molecular weight is 355 g/mol. The fraction of sp³-hybridized carbons (Fsp3) is 0.421. The Hall–Kier alpha value is -2.21. The molecule has 2 fully saturated rings. The normalized spacial score (nSPS) is 23.4. The predicted octanol–water partition coefficient (Wildman–Crippen LogP) is 2.86. The molecule has 0 aliphatic carbocycles. The van der Waals surface area contributed by atoms with Gasteiger partial charge in [0.15, 0.2) is 0 Å². The maximum absolute atomic E-state index is 13.0. The quantitative estimate of drug-likeness (QED) is 0.847. The van der Waals surface area contributed by atoms with E-state index in [4.69, 9.17) is 0 Å². The van der Waals surface area contributed by atoms with Crippen LogP contribution in [0.4, 0.5) is 0 Å². The molecule has 0 radical (unpaired) electrons. The van der Waals surface area contributed by atoms with Gasteiger partial charge in [-0.25, -0.2) is 0 Å². The van der Waals surface area contributed by atoms with Crippen molar-refractivity contribution >= 4 is 23.2 Å².